The first kappa shape index (κ1) is 10.5. The zero-order valence-electron chi connectivity index (χ0n) is 9.12. The Bertz CT molecular complexity index is 205. The smallest absolute Gasteiger partial charge is 0.0661 e. The molecule has 0 aromatic heterocycles. The van der Waals surface area contributed by atoms with Crippen LogP contribution in [0, 0.1) is 35.0 Å². The van der Waals surface area contributed by atoms with Crippen LogP contribution < -0.4 is 0 Å². The predicted octanol–water partition coefficient (Wildman–Crippen LogP) is 1.98. The van der Waals surface area contributed by atoms with Crippen LogP contribution in [0.15, 0.2) is 0 Å². The third kappa shape index (κ3) is 2.22. The average molecular weight is 180 g/mol. The van der Waals surface area contributed by atoms with E-state index in [4.69, 9.17) is 5.26 Å². The molecule has 1 aliphatic rings. The lowest BCUT2D eigenvalue weighted by molar-refractivity contribution is 0.274. The van der Waals surface area contributed by atoms with Gasteiger partial charge < -0.3 is 4.90 Å². The lowest BCUT2D eigenvalue weighted by Crippen LogP contribution is -2.24. The summed E-state index contributed by atoms with van der Waals surface area (Å²) in [6, 6.07) is 2.45. The minimum absolute atomic E-state index is 0.282. The van der Waals surface area contributed by atoms with Gasteiger partial charge in [0, 0.05) is 6.54 Å². The Kier molecular flexibility index (Phi) is 3.33. The van der Waals surface area contributed by atoms with Gasteiger partial charge in [0.1, 0.15) is 0 Å². The maximum absolute atomic E-state index is 9.00. The highest BCUT2D eigenvalue weighted by Crippen LogP contribution is 2.40. The van der Waals surface area contributed by atoms with Crippen LogP contribution in [0.1, 0.15) is 20.3 Å². The van der Waals surface area contributed by atoms with E-state index in [2.05, 4.69) is 38.9 Å². The predicted molar refractivity (Wildman–Crippen MR) is 54.1 cm³/mol. The molecule has 1 fully saturated rings. The van der Waals surface area contributed by atoms with E-state index in [1.165, 1.54) is 6.42 Å². The molecule has 0 N–H and O–H groups in total. The van der Waals surface area contributed by atoms with Crippen LogP contribution >= 0.6 is 0 Å². The SMILES string of the molecule is CC1CC(CN(C)C)C(C)C1C#N. The number of hydrogen-bond donors (Lipinski definition) is 0. The Morgan fingerprint density at radius 3 is 2.38 bits per heavy atom. The molecule has 2 heteroatoms. The Labute approximate surface area is 81.5 Å². The summed E-state index contributed by atoms with van der Waals surface area (Å²) in [4.78, 5) is 2.23. The van der Waals surface area contributed by atoms with E-state index in [1.54, 1.807) is 0 Å². The summed E-state index contributed by atoms with van der Waals surface area (Å²) in [5.74, 6) is 2.16. The molecule has 1 saturated carbocycles. The van der Waals surface area contributed by atoms with Crippen LogP contribution in [-0.2, 0) is 0 Å². The summed E-state index contributed by atoms with van der Waals surface area (Å²) in [6.45, 7) is 5.56. The van der Waals surface area contributed by atoms with Gasteiger partial charge in [0.2, 0.25) is 0 Å². The topological polar surface area (TPSA) is 27.0 Å². The van der Waals surface area contributed by atoms with Gasteiger partial charge >= 0.3 is 0 Å². The van der Waals surface area contributed by atoms with E-state index in [9.17, 15) is 0 Å². The zero-order chi connectivity index (χ0) is 10.0. The Hall–Kier alpha value is -0.550. The summed E-state index contributed by atoms with van der Waals surface area (Å²) in [5, 5.41) is 9.00. The molecule has 0 spiro atoms. The molecule has 4 atom stereocenters. The van der Waals surface area contributed by atoms with E-state index in [-0.39, 0.29) is 5.92 Å². The minimum atomic E-state index is 0.282. The molecule has 0 aromatic rings. The van der Waals surface area contributed by atoms with Gasteiger partial charge in [0.05, 0.1) is 12.0 Å². The molecule has 0 radical (unpaired) electrons. The van der Waals surface area contributed by atoms with Crippen molar-refractivity contribution >= 4 is 0 Å². The van der Waals surface area contributed by atoms with Crippen molar-refractivity contribution in [2.24, 2.45) is 23.7 Å². The number of nitriles is 1. The largest absolute Gasteiger partial charge is 0.309 e. The van der Waals surface area contributed by atoms with Crippen LogP contribution in [0.5, 0.6) is 0 Å². The zero-order valence-corrected chi connectivity index (χ0v) is 9.12. The van der Waals surface area contributed by atoms with Gasteiger partial charge in [-0.1, -0.05) is 13.8 Å². The van der Waals surface area contributed by atoms with Gasteiger partial charge in [-0.3, -0.25) is 0 Å². The van der Waals surface area contributed by atoms with Crippen molar-refractivity contribution in [1.82, 2.24) is 4.90 Å². The molecule has 0 aromatic carbocycles. The molecule has 0 heterocycles. The standard InChI is InChI=1S/C11H20N2/c1-8-5-10(7-13(3)4)9(2)11(8)6-12/h8-11H,5,7H2,1-4H3. The molecule has 0 bridgehead atoms. The van der Waals surface area contributed by atoms with Crippen molar-refractivity contribution in [2.45, 2.75) is 20.3 Å². The van der Waals surface area contributed by atoms with Crippen molar-refractivity contribution in [3.05, 3.63) is 0 Å². The van der Waals surface area contributed by atoms with Gasteiger partial charge in [-0.2, -0.15) is 5.26 Å². The summed E-state index contributed by atoms with van der Waals surface area (Å²) < 4.78 is 0. The molecule has 2 nitrogen and oxygen atoms in total. The van der Waals surface area contributed by atoms with Gasteiger partial charge in [-0.25, -0.2) is 0 Å². The van der Waals surface area contributed by atoms with Crippen LogP contribution in [-0.4, -0.2) is 25.5 Å². The van der Waals surface area contributed by atoms with Crippen molar-refractivity contribution in [2.75, 3.05) is 20.6 Å². The fraction of sp³-hybridized carbons (Fsp3) is 0.909. The quantitative estimate of drug-likeness (QED) is 0.649. The maximum atomic E-state index is 9.00. The van der Waals surface area contributed by atoms with E-state index in [1.807, 2.05) is 0 Å². The number of nitrogens with zero attached hydrogens (tertiary/aromatic N) is 2. The first-order chi connectivity index (χ1) is 6.06. The second kappa shape index (κ2) is 4.11. The lowest BCUT2D eigenvalue weighted by Gasteiger charge is -2.20. The van der Waals surface area contributed by atoms with Gasteiger partial charge in [0.25, 0.3) is 0 Å². The van der Waals surface area contributed by atoms with E-state index >= 15 is 0 Å². The third-order valence-corrected chi connectivity index (χ3v) is 3.35. The van der Waals surface area contributed by atoms with E-state index in [0.29, 0.717) is 11.8 Å². The summed E-state index contributed by atoms with van der Waals surface area (Å²) in [7, 11) is 4.22. The molecule has 0 saturated heterocycles. The van der Waals surface area contributed by atoms with Crippen LogP contribution in [0.3, 0.4) is 0 Å². The van der Waals surface area contributed by atoms with Crippen LogP contribution in [0.4, 0.5) is 0 Å². The number of hydrogen-bond acceptors (Lipinski definition) is 2. The van der Waals surface area contributed by atoms with Crippen molar-refractivity contribution in [3.63, 3.8) is 0 Å². The summed E-state index contributed by atoms with van der Waals surface area (Å²) >= 11 is 0. The Morgan fingerprint density at radius 2 is 2.00 bits per heavy atom. The fourth-order valence-electron chi connectivity index (χ4n) is 2.60. The fourth-order valence-corrected chi connectivity index (χ4v) is 2.60. The van der Waals surface area contributed by atoms with Gasteiger partial charge in [-0.15, -0.1) is 0 Å². The summed E-state index contributed by atoms with van der Waals surface area (Å²) in [5.41, 5.74) is 0. The second-order valence-corrected chi connectivity index (χ2v) is 4.75. The van der Waals surface area contributed by atoms with Crippen molar-refractivity contribution in [1.29, 1.82) is 5.26 Å². The molecular formula is C11H20N2. The average Bonchev–Trinajstić information content (AvgIpc) is 2.26. The second-order valence-electron chi connectivity index (χ2n) is 4.75. The maximum Gasteiger partial charge on any atom is 0.0661 e. The third-order valence-electron chi connectivity index (χ3n) is 3.35. The minimum Gasteiger partial charge on any atom is -0.309 e. The van der Waals surface area contributed by atoms with E-state index < -0.39 is 0 Å². The molecule has 0 aliphatic heterocycles. The highest BCUT2D eigenvalue weighted by atomic mass is 15.1. The molecule has 1 aliphatic carbocycles. The Balaban J connectivity index is 2.57. The van der Waals surface area contributed by atoms with Crippen molar-refractivity contribution < 1.29 is 0 Å². The first-order valence-corrected chi connectivity index (χ1v) is 5.10. The number of rotatable bonds is 2. The van der Waals surface area contributed by atoms with Crippen LogP contribution in [0.25, 0.3) is 0 Å². The molecule has 0 amide bonds. The van der Waals surface area contributed by atoms with Gasteiger partial charge in [-0.05, 0) is 38.3 Å². The lowest BCUT2D eigenvalue weighted by atomic mass is 9.90. The Morgan fingerprint density at radius 1 is 1.38 bits per heavy atom. The monoisotopic (exact) mass is 180 g/mol. The molecule has 4 unspecified atom stereocenters. The highest BCUT2D eigenvalue weighted by molar-refractivity contribution is 4.98. The normalized spacial score (nSPS) is 39.4. The molecule has 1 rings (SSSR count). The molecular weight excluding hydrogens is 160 g/mol. The van der Waals surface area contributed by atoms with Gasteiger partial charge in [0.15, 0.2) is 0 Å². The van der Waals surface area contributed by atoms with Crippen LogP contribution in [0.2, 0.25) is 0 Å². The molecule has 74 valence electrons. The molecule has 13 heavy (non-hydrogen) atoms. The summed E-state index contributed by atoms with van der Waals surface area (Å²) in [6.07, 6.45) is 1.22. The van der Waals surface area contributed by atoms with E-state index in [0.717, 1.165) is 12.5 Å². The first-order valence-electron chi connectivity index (χ1n) is 5.10. The highest BCUT2D eigenvalue weighted by Gasteiger charge is 2.38. The van der Waals surface area contributed by atoms with Crippen molar-refractivity contribution in [3.8, 4) is 6.07 Å².